The smallest absolute Gasteiger partial charge is 0.269 e. The van der Waals surface area contributed by atoms with E-state index in [1.165, 1.54) is 0 Å². The number of hydrogen-bond acceptors (Lipinski definition) is 5. The van der Waals surface area contributed by atoms with Crippen LogP contribution in [0, 0.1) is 0 Å². The normalized spacial score (nSPS) is 16.3. The maximum atomic E-state index is 12.7. The second-order valence-corrected chi connectivity index (χ2v) is 7.20. The molecular weight excluding hydrogens is 408 g/mol. The molecule has 2 aliphatic heterocycles. The van der Waals surface area contributed by atoms with Crippen LogP contribution in [-0.4, -0.2) is 24.5 Å². The lowest BCUT2D eigenvalue weighted by atomic mass is 10.1. The Labute approximate surface area is 176 Å². The van der Waals surface area contributed by atoms with Gasteiger partial charge in [-0.3, -0.25) is 9.59 Å². The van der Waals surface area contributed by atoms with Crippen LogP contribution in [0.1, 0.15) is 10.4 Å². The fourth-order valence-corrected chi connectivity index (χ4v) is 3.41. The molecule has 2 aliphatic rings. The van der Waals surface area contributed by atoms with E-state index in [0.29, 0.717) is 39.4 Å². The fraction of sp³-hybridized carbons (Fsp3) is 0.0909. The van der Waals surface area contributed by atoms with E-state index in [1.54, 1.807) is 54.6 Å². The SMILES string of the molecule is O=C1Nc2cc(Cl)ccc2Oc2ccc(NC(=O)C3COc4ccccc4O3)cc21. The van der Waals surface area contributed by atoms with E-state index in [0.717, 1.165) is 0 Å². The van der Waals surface area contributed by atoms with Gasteiger partial charge in [-0.2, -0.15) is 0 Å². The Morgan fingerprint density at radius 1 is 1.00 bits per heavy atom. The molecule has 1 atom stereocenters. The second kappa shape index (κ2) is 7.27. The number of rotatable bonds is 2. The summed E-state index contributed by atoms with van der Waals surface area (Å²) < 4.78 is 17.1. The largest absolute Gasteiger partial charge is 0.485 e. The first-order chi connectivity index (χ1) is 14.6. The Balaban J connectivity index is 1.35. The van der Waals surface area contributed by atoms with Gasteiger partial charge in [0.05, 0.1) is 11.3 Å². The number of anilines is 2. The van der Waals surface area contributed by atoms with Gasteiger partial charge in [-0.1, -0.05) is 23.7 Å². The lowest BCUT2D eigenvalue weighted by molar-refractivity contribution is -0.125. The van der Waals surface area contributed by atoms with Gasteiger partial charge in [-0.25, -0.2) is 0 Å². The highest BCUT2D eigenvalue weighted by Crippen LogP contribution is 2.38. The predicted octanol–water partition coefficient (Wildman–Crippen LogP) is 4.48. The zero-order valence-electron chi connectivity index (χ0n) is 15.5. The molecule has 3 aromatic rings. The molecule has 0 spiro atoms. The van der Waals surface area contributed by atoms with Crippen LogP contribution in [-0.2, 0) is 4.79 Å². The predicted molar refractivity (Wildman–Crippen MR) is 111 cm³/mol. The summed E-state index contributed by atoms with van der Waals surface area (Å²) in [6.45, 7) is 0.0907. The molecule has 0 saturated carbocycles. The zero-order valence-corrected chi connectivity index (χ0v) is 16.2. The Bertz CT molecular complexity index is 1180. The van der Waals surface area contributed by atoms with Crippen LogP contribution in [0.3, 0.4) is 0 Å². The van der Waals surface area contributed by atoms with Crippen molar-refractivity contribution in [1.82, 2.24) is 0 Å². The van der Waals surface area contributed by atoms with Crippen molar-refractivity contribution in [3.63, 3.8) is 0 Å². The zero-order chi connectivity index (χ0) is 20.7. The molecule has 0 radical (unpaired) electrons. The highest BCUT2D eigenvalue weighted by Gasteiger charge is 2.28. The monoisotopic (exact) mass is 422 g/mol. The average molecular weight is 423 g/mol. The number of ether oxygens (including phenoxy) is 3. The van der Waals surface area contributed by atoms with Gasteiger partial charge < -0.3 is 24.8 Å². The molecule has 5 rings (SSSR count). The van der Waals surface area contributed by atoms with Crippen LogP contribution in [0.25, 0.3) is 0 Å². The summed E-state index contributed by atoms with van der Waals surface area (Å²) in [4.78, 5) is 25.3. The van der Waals surface area contributed by atoms with Crippen LogP contribution in [0.15, 0.2) is 60.7 Å². The molecule has 0 aromatic heterocycles. The maximum absolute atomic E-state index is 12.7. The van der Waals surface area contributed by atoms with Crippen LogP contribution < -0.4 is 24.8 Å². The highest BCUT2D eigenvalue weighted by atomic mass is 35.5. The first-order valence-electron chi connectivity index (χ1n) is 9.19. The fourth-order valence-electron chi connectivity index (χ4n) is 3.24. The number of para-hydroxylation sites is 2. The third kappa shape index (κ3) is 3.40. The molecule has 0 aliphatic carbocycles. The first-order valence-corrected chi connectivity index (χ1v) is 9.57. The number of fused-ring (bicyclic) bond motifs is 3. The van der Waals surface area contributed by atoms with Crippen LogP contribution in [0.4, 0.5) is 11.4 Å². The first kappa shape index (κ1) is 18.3. The third-order valence-corrected chi connectivity index (χ3v) is 4.94. The van der Waals surface area contributed by atoms with Gasteiger partial charge in [0.1, 0.15) is 12.4 Å². The van der Waals surface area contributed by atoms with E-state index in [-0.39, 0.29) is 24.0 Å². The molecular formula is C22H15ClN2O5. The van der Waals surface area contributed by atoms with Gasteiger partial charge in [0, 0.05) is 10.7 Å². The van der Waals surface area contributed by atoms with Crippen molar-refractivity contribution in [3.05, 3.63) is 71.2 Å². The van der Waals surface area contributed by atoms with E-state index < -0.39 is 6.10 Å². The number of halogens is 1. The van der Waals surface area contributed by atoms with Gasteiger partial charge >= 0.3 is 0 Å². The lowest BCUT2D eigenvalue weighted by Gasteiger charge is -2.25. The Morgan fingerprint density at radius 3 is 2.67 bits per heavy atom. The molecule has 3 aromatic carbocycles. The quantitative estimate of drug-likeness (QED) is 0.636. The van der Waals surface area contributed by atoms with Gasteiger partial charge in [-0.15, -0.1) is 0 Å². The molecule has 30 heavy (non-hydrogen) atoms. The molecule has 1 unspecified atom stereocenters. The van der Waals surface area contributed by atoms with Crippen LogP contribution >= 0.6 is 11.6 Å². The van der Waals surface area contributed by atoms with E-state index >= 15 is 0 Å². The third-order valence-electron chi connectivity index (χ3n) is 4.70. The summed E-state index contributed by atoms with van der Waals surface area (Å²) in [7, 11) is 0. The summed E-state index contributed by atoms with van der Waals surface area (Å²) in [5.74, 6) is 1.21. The molecule has 0 fully saturated rings. The number of carbonyl (C=O) groups is 2. The van der Waals surface area contributed by atoms with Crippen molar-refractivity contribution in [2.24, 2.45) is 0 Å². The van der Waals surface area contributed by atoms with Gasteiger partial charge in [0.25, 0.3) is 11.8 Å². The molecule has 2 heterocycles. The van der Waals surface area contributed by atoms with Crippen molar-refractivity contribution in [2.45, 2.75) is 6.10 Å². The van der Waals surface area contributed by atoms with Crippen molar-refractivity contribution in [2.75, 3.05) is 17.2 Å². The molecule has 0 saturated heterocycles. The summed E-state index contributed by atoms with van der Waals surface area (Å²) >= 11 is 6.00. The number of benzene rings is 3. The molecule has 2 amide bonds. The standard InChI is InChI=1S/C22H15ClN2O5/c23-12-5-7-17-15(9-12)25-21(26)14-10-13(6-8-16(14)29-17)24-22(27)20-11-28-18-3-1-2-4-19(18)30-20/h1-10,20H,11H2,(H,24,27)(H,25,26). The number of nitrogens with one attached hydrogen (secondary N) is 2. The highest BCUT2D eigenvalue weighted by molar-refractivity contribution is 6.31. The number of hydrogen-bond donors (Lipinski definition) is 2. The summed E-state index contributed by atoms with van der Waals surface area (Å²) in [6.07, 6.45) is -0.810. The summed E-state index contributed by atoms with van der Waals surface area (Å²) in [6, 6.07) is 17.0. The lowest BCUT2D eigenvalue weighted by Crippen LogP contribution is -2.40. The number of amides is 2. The second-order valence-electron chi connectivity index (χ2n) is 6.76. The van der Waals surface area contributed by atoms with Gasteiger partial charge in [0.2, 0.25) is 6.10 Å². The van der Waals surface area contributed by atoms with Gasteiger partial charge in [0.15, 0.2) is 17.2 Å². The van der Waals surface area contributed by atoms with E-state index in [9.17, 15) is 9.59 Å². The summed E-state index contributed by atoms with van der Waals surface area (Å²) in [5.41, 5.74) is 1.19. The maximum Gasteiger partial charge on any atom is 0.269 e. The van der Waals surface area contributed by atoms with Crippen molar-refractivity contribution < 1.29 is 23.8 Å². The van der Waals surface area contributed by atoms with E-state index in [2.05, 4.69) is 10.6 Å². The summed E-state index contributed by atoms with van der Waals surface area (Å²) in [5, 5.41) is 6.01. The minimum absolute atomic E-state index is 0.0907. The topological polar surface area (TPSA) is 85.9 Å². The Hall–Kier alpha value is -3.71. The van der Waals surface area contributed by atoms with Crippen molar-refractivity contribution in [1.29, 1.82) is 0 Å². The minimum Gasteiger partial charge on any atom is -0.485 e. The average Bonchev–Trinajstić information content (AvgIpc) is 2.89. The van der Waals surface area contributed by atoms with E-state index in [1.807, 2.05) is 6.07 Å². The number of carbonyl (C=O) groups excluding carboxylic acids is 2. The van der Waals surface area contributed by atoms with Crippen LogP contribution in [0.2, 0.25) is 5.02 Å². The minimum atomic E-state index is -0.810. The van der Waals surface area contributed by atoms with E-state index in [4.69, 9.17) is 25.8 Å². The molecule has 150 valence electrons. The van der Waals surface area contributed by atoms with Crippen LogP contribution in [0.5, 0.6) is 23.0 Å². The molecule has 7 nitrogen and oxygen atoms in total. The Kier molecular flexibility index (Phi) is 4.44. The molecule has 0 bridgehead atoms. The Morgan fingerprint density at radius 2 is 1.80 bits per heavy atom. The molecule has 2 N–H and O–H groups in total. The molecule has 8 heteroatoms. The van der Waals surface area contributed by atoms with Crippen molar-refractivity contribution >= 4 is 34.8 Å². The van der Waals surface area contributed by atoms with Gasteiger partial charge in [-0.05, 0) is 48.5 Å². The van der Waals surface area contributed by atoms with Crippen molar-refractivity contribution in [3.8, 4) is 23.0 Å².